The molecular weight excluding hydrogens is 334 g/mol. The Hall–Kier alpha value is -3.16. The summed E-state index contributed by atoms with van der Waals surface area (Å²) in [5, 5.41) is 13.0. The van der Waals surface area contributed by atoms with E-state index in [0.29, 0.717) is 11.2 Å². The molecule has 0 saturated carbocycles. The van der Waals surface area contributed by atoms with E-state index >= 15 is 0 Å². The number of carboxylic acid groups (broad SMARTS) is 1. The molecule has 2 heterocycles. The summed E-state index contributed by atoms with van der Waals surface area (Å²) in [6, 6.07) is 7.17. The minimum atomic E-state index is -1.45. The van der Waals surface area contributed by atoms with E-state index in [1.165, 1.54) is 16.6 Å². The van der Waals surface area contributed by atoms with Gasteiger partial charge in [0, 0.05) is 11.6 Å². The van der Waals surface area contributed by atoms with Crippen LogP contribution >= 0.6 is 0 Å². The zero-order valence-electron chi connectivity index (χ0n) is 13.4. The molecule has 0 aliphatic rings. The number of aromatic nitrogens is 2. The Morgan fingerprint density at radius 2 is 2.04 bits per heavy atom. The van der Waals surface area contributed by atoms with Crippen LogP contribution in [-0.2, 0) is 6.61 Å². The summed E-state index contributed by atoms with van der Waals surface area (Å²) >= 11 is 0. The highest BCUT2D eigenvalue weighted by Crippen LogP contribution is 2.29. The molecule has 1 aromatic carbocycles. The van der Waals surface area contributed by atoms with Crippen LogP contribution in [0.25, 0.3) is 5.52 Å². The third kappa shape index (κ3) is 3.23. The van der Waals surface area contributed by atoms with Gasteiger partial charge in [-0.2, -0.15) is 9.61 Å². The second-order valence-electron chi connectivity index (χ2n) is 5.45. The van der Waals surface area contributed by atoms with Gasteiger partial charge in [-0.25, -0.2) is 13.6 Å². The molecule has 1 N–H and O–H groups in total. The zero-order valence-corrected chi connectivity index (χ0v) is 13.4. The minimum absolute atomic E-state index is 0.0561. The highest BCUT2D eigenvalue weighted by atomic mass is 19.2. The molecule has 8 heteroatoms. The number of hydrogen-bond donors (Lipinski definition) is 1. The average Bonchev–Trinajstić information content (AvgIpc) is 2.84. The molecule has 0 saturated heterocycles. The normalized spacial score (nSPS) is 10.9. The molecule has 0 spiro atoms. The number of benzene rings is 1. The maximum Gasteiger partial charge on any atom is 0.511 e. The fourth-order valence-corrected chi connectivity index (χ4v) is 2.47. The number of carbonyl (C=O) groups is 1. The van der Waals surface area contributed by atoms with E-state index in [4.69, 9.17) is 14.6 Å². The Balaban J connectivity index is 1.99. The maximum atomic E-state index is 13.7. The van der Waals surface area contributed by atoms with Crippen molar-refractivity contribution in [3.63, 3.8) is 0 Å². The Morgan fingerprint density at radius 1 is 1.28 bits per heavy atom. The maximum absolute atomic E-state index is 13.7. The van der Waals surface area contributed by atoms with Gasteiger partial charge in [-0.05, 0) is 31.5 Å². The molecule has 0 fully saturated rings. The number of halogens is 2. The smallest absolute Gasteiger partial charge is 0.473 e. The van der Waals surface area contributed by atoms with Gasteiger partial charge in [0.2, 0.25) is 5.88 Å². The number of nitrogens with zero attached hydrogens (tertiary/aromatic N) is 2. The molecule has 3 aromatic rings. The van der Waals surface area contributed by atoms with Crippen LogP contribution in [0, 0.1) is 25.5 Å². The van der Waals surface area contributed by atoms with E-state index in [1.807, 2.05) is 0 Å². The van der Waals surface area contributed by atoms with Gasteiger partial charge in [0.05, 0.1) is 0 Å². The number of ether oxygens (including phenoxy) is 2. The van der Waals surface area contributed by atoms with Crippen LogP contribution in [0.15, 0.2) is 30.3 Å². The van der Waals surface area contributed by atoms with Crippen LogP contribution in [0.4, 0.5) is 13.6 Å². The average molecular weight is 348 g/mol. The van der Waals surface area contributed by atoms with Crippen LogP contribution in [0.5, 0.6) is 11.6 Å². The molecule has 0 bridgehead atoms. The molecule has 0 unspecified atom stereocenters. The summed E-state index contributed by atoms with van der Waals surface area (Å²) in [7, 11) is 0. The first kappa shape index (κ1) is 16.7. The van der Waals surface area contributed by atoms with Crippen molar-refractivity contribution in [1.82, 2.24) is 9.61 Å². The summed E-state index contributed by atoms with van der Waals surface area (Å²) < 4.78 is 38.7. The van der Waals surface area contributed by atoms with Crippen molar-refractivity contribution in [3.8, 4) is 11.6 Å². The van der Waals surface area contributed by atoms with Crippen molar-refractivity contribution in [1.29, 1.82) is 0 Å². The van der Waals surface area contributed by atoms with Crippen LogP contribution in [0.2, 0.25) is 0 Å². The van der Waals surface area contributed by atoms with Gasteiger partial charge in [0.15, 0.2) is 17.4 Å². The van der Waals surface area contributed by atoms with Crippen molar-refractivity contribution >= 4 is 11.7 Å². The van der Waals surface area contributed by atoms with Crippen LogP contribution in [-0.4, -0.2) is 20.9 Å². The highest BCUT2D eigenvalue weighted by Gasteiger charge is 2.18. The number of aryl methyl sites for hydroxylation is 2. The molecule has 0 aliphatic carbocycles. The lowest BCUT2D eigenvalue weighted by molar-refractivity contribution is 0.144. The molecule has 130 valence electrons. The van der Waals surface area contributed by atoms with E-state index in [0.717, 1.165) is 11.6 Å². The van der Waals surface area contributed by atoms with Gasteiger partial charge < -0.3 is 14.6 Å². The fraction of sp³-hybridized carbons (Fsp3) is 0.176. The molecule has 0 amide bonds. The summed E-state index contributed by atoms with van der Waals surface area (Å²) in [5.74, 6) is -1.58. The third-order valence-electron chi connectivity index (χ3n) is 3.56. The number of pyridine rings is 1. The van der Waals surface area contributed by atoms with E-state index in [2.05, 4.69) is 5.10 Å². The molecular formula is C17H14F2N2O4. The van der Waals surface area contributed by atoms with Crippen molar-refractivity contribution < 1.29 is 28.2 Å². The molecule has 0 atom stereocenters. The molecule has 0 radical (unpaired) electrons. The van der Waals surface area contributed by atoms with Crippen molar-refractivity contribution in [2.75, 3.05) is 0 Å². The fourth-order valence-electron chi connectivity index (χ4n) is 2.47. The van der Waals surface area contributed by atoms with Crippen molar-refractivity contribution in [2.24, 2.45) is 0 Å². The van der Waals surface area contributed by atoms with Crippen molar-refractivity contribution in [2.45, 2.75) is 20.5 Å². The Bertz CT molecular complexity index is 969. The summed E-state index contributed by atoms with van der Waals surface area (Å²) in [5.41, 5.74) is 1.57. The molecule has 6 nitrogen and oxygen atoms in total. The van der Waals surface area contributed by atoms with Gasteiger partial charge in [-0.15, -0.1) is 0 Å². The largest absolute Gasteiger partial charge is 0.511 e. The predicted octanol–water partition coefficient (Wildman–Crippen LogP) is 3.87. The van der Waals surface area contributed by atoms with E-state index in [-0.39, 0.29) is 23.8 Å². The summed E-state index contributed by atoms with van der Waals surface area (Å²) in [6.45, 7) is 3.16. The minimum Gasteiger partial charge on any atom is -0.473 e. The zero-order chi connectivity index (χ0) is 18.1. The SMILES string of the molecule is Cc1cc(OCc2cccc(F)c2F)n2nc(C)c(OC(=O)O)c2c1. The van der Waals surface area contributed by atoms with E-state index < -0.39 is 17.8 Å². The monoisotopic (exact) mass is 348 g/mol. The highest BCUT2D eigenvalue weighted by molar-refractivity contribution is 5.71. The third-order valence-corrected chi connectivity index (χ3v) is 3.56. The summed E-state index contributed by atoms with van der Waals surface area (Å²) in [6.07, 6.45) is -1.45. The van der Waals surface area contributed by atoms with Crippen molar-refractivity contribution in [3.05, 3.63) is 58.8 Å². The Labute approximate surface area is 141 Å². The topological polar surface area (TPSA) is 73.1 Å². The quantitative estimate of drug-likeness (QED) is 0.725. The van der Waals surface area contributed by atoms with E-state index in [1.54, 1.807) is 26.0 Å². The molecule has 25 heavy (non-hydrogen) atoms. The standard InChI is InChI=1S/C17H14F2N2O4/c1-9-6-13-16(25-17(22)23)10(2)20-21(13)14(7-9)24-8-11-4-3-5-12(18)15(11)19/h3-7H,8H2,1-2H3,(H,22,23). The lowest BCUT2D eigenvalue weighted by Gasteiger charge is -2.10. The van der Waals surface area contributed by atoms with Crippen LogP contribution < -0.4 is 9.47 Å². The van der Waals surface area contributed by atoms with E-state index in [9.17, 15) is 13.6 Å². The van der Waals surface area contributed by atoms with Gasteiger partial charge in [0.1, 0.15) is 17.8 Å². The summed E-state index contributed by atoms with van der Waals surface area (Å²) in [4.78, 5) is 10.8. The molecule has 3 rings (SSSR count). The van der Waals surface area contributed by atoms with Crippen LogP contribution in [0.3, 0.4) is 0 Å². The number of rotatable bonds is 4. The Kier molecular flexibility index (Phi) is 4.26. The van der Waals surface area contributed by atoms with Gasteiger partial charge in [-0.1, -0.05) is 12.1 Å². The second-order valence-corrected chi connectivity index (χ2v) is 5.45. The second kappa shape index (κ2) is 6.39. The lowest BCUT2D eigenvalue weighted by Crippen LogP contribution is -2.05. The first-order chi connectivity index (χ1) is 11.9. The van der Waals surface area contributed by atoms with Gasteiger partial charge in [0.25, 0.3) is 0 Å². The first-order valence-electron chi connectivity index (χ1n) is 7.33. The predicted molar refractivity (Wildman–Crippen MR) is 84.0 cm³/mol. The first-order valence-corrected chi connectivity index (χ1v) is 7.33. The molecule has 0 aliphatic heterocycles. The molecule has 2 aromatic heterocycles. The Morgan fingerprint density at radius 3 is 2.76 bits per heavy atom. The van der Waals surface area contributed by atoms with Crippen LogP contribution in [0.1, 0.15) is 16.8 Å². The lowest BCUT2D eigenvalue weighted by atomic mass is 10.2. The van der Waals surface area contributed by atoms with Gasteiger partial charge in [-0.3, -0.25) is 0 Å². The number of fused-ring (bicyclic) bond motifs is 1. The number of hydrogen-bond acceptors (Lipinski definition) is 4. The van der Waals surface area contributed by atoms with Gasteiger partial charge >= 0.3 is 6.16 Å².